The number of rotatable bonds is 2. The fourth-order valence-electron chi connectivity index (χ4n) is 1.05. The largest absolute Gasteiger partial charge is 0.102 e. The second-order valence-electron chi connectivity index (χ2n) is 3.22. The van der Waals surface area contributed by atoms with Gasteiger partial charge in [-0.05, 0) is 12.0 Å². The molecule has 0 amide bonds. The highest BCUT2D eigenvalue weighted by Crippen LogP contribution is 2.31. The first kappa shape index (κ1) is 7.33. The maximum Gasteiger partial charge on any atom is 0.00695 e. The summed E-state index contributed by atoms with van der Waals surface area (Å²) in [5.74, 6) is 0. The zero-order valence-corrected chi connectivity index (χ0v) is 6.72. The Bertz CT molecular complexity index is 192. The van der Waals surface area contributed by atoms with Crippen LogP contribution in [0, 0.1) is 5.41 Å². The molecule has 0 radical (unpaired) electrons. The Hall–Kier alpha value is -0.780. The molecule has 0 atom stereocenters. The first-order chi connectivity index (χ1) is 4.67. The van der Waals surface area contributed by atoms with Gasteiger partial charge in [-0.2, -0.15) is 0 Å². The van der Waals surface area contributed by atoms with Crippen molar-refractivity contribution < 1.29 is 0 Å². The lowest BCUT2D eigenvalue weighted by Gasteiger charge is -2.19. The van der Waals surface area contributed by atoms with Crippen LogP contribution in [0.5, 0.6) is 0 Å². The minimum absolute atomic E-state index is 0.160. The van der Waals surface area contributed by atoms with Gasteiger partial charge in [0.15, 0.2) is 0 Å². The van der Waals surface area contributed by atoms with Gasteiger partial charge >= 0.3 is 0 Å². The monoisotopic (exact) mass is 134 g/mol. The summed E-state index contributed by atoms with van der Waals surface area (Å²) in [5, 5.41) is 0. The van der Waals surface area contributed by atoms with Crippen LogP contribution in [0.4, 0.5) is 0 Å². The van der Waals surface area contributed by atoms with Crippen LogP contribution in [-0.2, 0) is 0 Å². The van der Waals surface area contributed by atoms with Gasteiger partial charge in [0, 0.05) is 5.41 Å². The minimum Gasteiger partial charge on any atom is -0.102 e. The van der Waals surface area contributed by atoms with Crippen molar-refractivity contribution in [2.45, 2.75) is 20.3 Å². The van der Waals surface area contributed by atoms with Crippen LogP contribution in [0.15, 0.2) is 36.5 Å². The number of hydrogen-bond donors (Lipinski definition) is 0. The van der Waals surface area contributed by atoms with Gasteiger partial charge in [0.05, 0.1) is 0 Å². The van der Waals surface area contributed by atoms with Crippen molar-refractivity contribution in [1.29, 1.82) is 0 Å². The smallest absolute Gasteiger partial charge is 0.00695 e. The maximum absolute atomic E-state index is 3.80. The van der Waals surface area contributed by atoms with Gasteiger partial charge < -0.3 is 0 Å². The lowest BCUT2D eigenvalue weighted by atomic mass is 9.85. The van der Waals surface area contributed by atoms with E-state index < -0.39 is 0 Å². The van der Waals surface area contributed by atoms with Gasteiger partial charge in [0.1, 0.15) is 0 Å². The third-order valence-corrected chi connectivity index (χ3v) is 2.03. The Balaban J connectivity index is 2.82. The van der Waals surface area contributed by atoms with E-state index in [0.29, 0.717) is 0 Å². The van der Waals surface area contributed by atoms with Gasteiger partial charge in [-0.1, -0.05) is 38.2 Å². The molecule has 0 bridgehead atoms. The highest BCUT2D eigenvalue weighted by molar-refractivity contribution is 5.34. The lowest BCUT2D eigenvalue weighted by molar-refractivity contribution is 0.598. The van der Waals surface area contributed by atoms with E-state index in [1.165, 1.54) is 5.57 Å². The molecule has 0 unspecified atom stereocenters. The van der Waals surface area contributed by atoms with Crippen LogP contribution >= 0.6 is 0 Å². The zero-order chi connectivity index (χ0) is 7.61. The van der Waals surface area contributed by atoms with Crippen molar-refractivity contribution in [3.8, 4) is 0 Å². The first-order valence-corrected chi connectivity index (χ1v) is 3.67. The fraction of sp³-hybridized carbons (Fsp3) is 0.400. The Morgan fingerprint density at radius 1 is 1.60 bits per heavy atom. The summed E-state index contributed by atoms with van der Waals surface area (Å²) in [6.45, 7) is 8.17. The van der Waals surface area contributed by atoms with E-state index in [4.69, 9.17) is 0 Å². The van der Waals surface area contributed by atoms with E-state index in [9.17, 15) is 0 Å². The van der Waals surface area contributed by atoms with Crippen LogP contribution in [0.2, 0.25) is 0 Å². The SMILES string of the molecule is C=CC(C)(C)C1=CCC=C1. The van der Waals surface area contributed by atoms with Gasteiger partial charge in [0.25, 0.3) is 0 Å². The summed E-state index contributed by atoms with van der Waals surface area (Å²) in [7, 11) is 0. The van der Waals surface area contributed by atoms with Gasteiger partial charge in [0.2, 0.25) is 0 Å². The zero-order valence-electron chi connectivity index (χ0n) is 6.72. The second-order valence-corrected chi connectivity index (χ2v) is 3.22. The summed E-state index contributed by atoms with van der Waals surface area (Å²) in [6, 6.07) is 0. The fourth-order valence-corrected chi connectivity index (χ4v) is 1.05. The van der Waals surface area contributed by atoms with Crippen molar-refractivity contribution in [2.24, 2.45) is 5.41 Å². The van der Waals surface area contributed by atoms with Crippen molar-refractivity contribution in [3.05, 3.63) is 36.5 Å². The first-order valence-electron chi connectivity index (χ1n) is 3.67. The van der Waals surface area contributed by atoms with Crippen molar-refractivity contribution in [3.63, 3.8) is 0 Å². The average Bonchev–Trinajstić information content (AvgIpc) is 2.38. The molecule has 0 fully saturated rings. The molecule has 1 aliphatic rings. The van der Waals surface area contributed by atoms with Crippen molar-refractivity contribution in [1.82, 2.24) is 0 Å². The molecule has 0 saturated heterocycles. The van der Waals surface area contributed by atoms with Crippen LogP contribution in [-0.4, -0.2) is 0 Å². The van der Waals surface area contributed by atoms with Crippen LogP contribution in [0.1, 0.15) is 20.3 Å². The Labute approximate surface area is 62.9 Å². The molecule has 0 saturated carbocycles. The summed E-state index contributed by atoms with van der Waals surface area (Å²) in [4.78, 5) is 0. The molecular weight excluding hydrogens is 120 g/mol. The van der Waals surface area contributed by atoms with Crippen molar-refractivity contribution in [2.75, 3.05) is 0 Å². The molecule has 0 heteroatoms. The predicted molar refractivity (Wildman–Crippen MR) is 45.8 cm³/mol. The molecular formula is C10H14. The minimum atomic E-state index is 0.160. The molecule has 1 rings (SSSR count). The summed E-state index contributed by atoms with van der Waals surface area (Å²) < 4.78 is 0. The topological polar surface area (TPSA) is 0 Å². The Morgan fingerprint density at radius 3 is 2.70 bits per heavy atom. The molecule has 0 aromatic rings. The quantitative estimate of drug-likeness (QED) is 0.509. The van der Waals surface area contributed by atoms with E-state index in [-0.39, 0.29) is 5.41 Å². The molecule has 0 aromatic heterocycles. The average molecular weight is 134 g/mol. The second kappa shape index (κ2) is 2.45. The number of hydrogen-bond acceptors (Lipinski definition) is 0. The highest BCUT2D eigenvalue weighted by atomic mass is 14.2. The third kappa shape index (κ3) is 1.21. The summed E-state index contributed by atoms with van der Waals surface area (Å²) >= 11 is 0. The summed E-state index contributed by atoms with van der Waals surface area (Å²) in [6.07, 6.45) is 9.70. The molecule has 0 spiro atoms. The third-order valence-electron chi connectivity index (χ3n) is 2.03. The van der Waals surface area contributed by atoms with E-state index in [1.54, 1.807) is 0 Å². The van der Waals surface area contributed by atoms with Gasteiger partial charge in [-0.3, -0.25) is 0 Å². The molecule has 0 heterocycles. The number of allylic oxidation sites excluding steroid dienone is 5. The van der Waals surface area contributed by atoms with E-state index in [2.05, 4.69) is 38.7 Å². The van der Waals surface area contributed by atoms with Gasteiger partial charge in [-0.15, -0.1) is 6.58 Å². The van der Waals surface area contributed by atoms with Crippen LogP contribution in [0.25, 0.3) is 0 Å². The molecule has 0 N–H and O–H groups in total. The van der Waals surface area contributed by atoms with Crippen LogP contribution < -0.4 is 0 Å². The Morgan fingerprint density at radius 2 is 2.30 bits per heavy atom. The molecule has 1 aliphatic carbocycles. The Kier molecular flexibility index (Phi) is 1.80. The van der Waals surface area contributed by atoms with Crippen LogP contribution in [0.3, 0.4) is 0 Å². The lowest BCUT2D eigenvalue weighted by Crippen LogP contribution is -2.07. The molecule has 0 nitrogen and oxygen atoms in total. The van der Waals surface area contributed by atoms with Gasteiger partial charge in [-0.25, -0.2) is 0 Å². The highest BCUT2D eigenvalue weighted by Gasteiger charge is 2.17. The molecule has 0 aromatic carbocycles. The predicted octanol–water partition coefficient (Wildman–Crippen LogP) is 3.08. The van der Waals surface area contributed by atoms with Crippen molar-refractivity contribution >= 4 is 0 Å². The van der Waals surface area contributed by atoms with E-state index in [0.717, 1.165) is 6.42 Å². The van der Waals surface area contributed by atoms with E-state index in [1.807, 2.05) is 6.08 Å². The standard InChI is InChI=1S/C10H14/c1-4-10(2,3)9-7-5-6-8-9/h4-5,7-8H,1,6H2,2-3H3. The summed E-state index contributed by atoms with van der Waals surface area (Å²) in [5.41, 5.74) is 1.55. The normalized spacial score (nSPS) is 17.2. The maximum atomic E-state index is 3.80. The molecule has 0 aliphatic heterocycles. The van der Waals surface area contributed by atoms with E-state index >= 15 is 0 Å². The molecule has 54 valence electrons. The molecule has 10 heavy (non-hydrogen) atoms.